The third-order valence-electron chi connectivity index (χ3n) is 5.86. The molecule has 5 rings (SSSR count). The summed E-state index contributed by atoms with van der Waals surface area (Å²) >= 11 is 1.65. The molecule has 0 unspecified atom stereocenters. The fraction of sp³-hybridized carbons (Fsp3) is 0.333. The van der Waals surface area contributed by atoms with Crippen LogP contribution in [-0.2, 0) is 16.0 Å². The van der Waals surface area contributed by atoms with Crippen LogP contribution in [0.15, 0.2) is 54.0 Å². The highest BCUT2D eigenvalue weighted by atomic mass is 32.1. The minimum atomic E-state index is 0.111. The predicted octanol–water partition coefficient (Wildman–Crippen LogP) is 4.79. The maximum absolute atomic E-state index is 12.1. The topological polar surface area (TPSA) is 46.8 Å². The molecule has 6 heteroatoms. The number of thiazole rings is 1. The lowest BCUT2D eigenvalue weighted by molar-refractivity contribution is -0.130. The van der Waals surface area contributed by atoms with Gasteiger partial charge in [0.2, 0.25) is 5.91 Å². The van der Waals surface area contributed by atoms with Gasteiger partial charge in [0.15, 0.2) is 4.96 Å². The average molecular weight is 420 g/mol. The van der Waals surface area contributed by atoms with Gasteiger partial charge < -0.3 is 9.64 Å². The standard InChI is InChI=1S/C24H25N3O2S/c1-17(28)26(14-22-7-4-12-29-22)11-10-21-16-30-24-25-23(15-27(21)24)20-9-8-18-5-2-3-6-19(18)13-20/h2-3,5-6,8-9,13,15-16,22H,4,7,10-12,14H2,1H3/t22-/m0/s1. The Bertz CT molecular complexity index is 1190. The molecular formula is C24H25N3O2S. The van der Waals surface area contributed by atoms with Crippen LogP contribution >= 0.6 is 11.3 Å². The van der Waals surface area contributed by atoms with Gasteiger partial charge in [-0.25, -0.2) is 4.98 Å². The predicted molar refractivity (Wildman–Crippen MR) is 121 cm³/mol. The summed E-state index contributed by atoms with van der Waals surface area (Å²) in [4.78, 5) is 19.8. The zero-order valence-electron chi connectivity index (χ0n) is 17.1. The average Bonchev–Trinajstić information content (AvgIpc) is 3.48. The molecule has 0 spiro atoms. The van der Waals surface area contributed by atoms with E-state index < -0.39 is 0 Å². The first kappa shape index (κ1) is 19.3. The Labute approximate surface area is 179 Å². The molecule has 30 heavy (non-hydrogen) atoms. The van der Waals surface area contributed by atoms with Gasteiger partial charge in [-0.15, -0.1) is 11.3 Å². The van der Waals surface area contributed by atoms with Crippen molar-refractivity contribution in [2.45, 2.75) is 32.3 Å². The molecule has 154 valence electrons. The molecule has 1 aliphatic rings. The molecule has 2 aromatic heterocycles. The van der Waals surface area contributed by atoms with Crippen LogP contribution < -0.4 is 0 Å². The van der Waals surface area contributed by atoms with Gasteiger partial charge >= 0.3 is 0 Å². The Morgan fingerprint density at radius 2 is 2.13 bits per heavy atom. The fourth-order valence-corrected chi connectivity index (χ4v) is 5.07. The molecule has 1 aliphatic heterocycles. The van der Waals surface area contributed by atoms with Crippen molar-refractivity contribution in [3.8, 4) is 11.3 Å². The molecule has 4 aromatic rings. The Balaban J connectivity index is 1.35. The van der Waals surface area contributed by atoms with E-state index in [0.29, 0.717) is 13.1 Å². The second-order valence-electron chi connectivity index (χ2n) is 7.92. The summed E-state index contributed by atoms with van der Waals surface area (Å²) in [5.41, 5.74) is 3.30. The minimum Gasteiger partial charge on any atom is -0.376 e. The molecule has 0 N–H and O–H groups in total. The molecule has 3 heterocycles. The van der Waals surface area contributed by atoms with Crippen LogP contribution in [0.5, 0.6) is 0 Å². The zero-order valence-corrected chi connectivity index (χ0v) is 17.9. The number of benzene rings is 2. The molecule has 0 aliphatic carbocycles. The summed E-state index contributed by atoms with van der Waals surface area (Å²) in [7, 11) is 0. The normalized spacial score (nSPS) is 16.5. The first-order chi connectivity index (χ1) is 14.7. The Hall–Kier alpha value is -2.70. The largest absolute Gasteiger partial charge is 0.376 e. The number of ether oxygens (including phenoxy) is 1. The van der Waals surface area contributed by atoms with E-state index in [-0.39, 0.29) is 12.0 Å². The van der Waals surface area contributed by atoms with Crippen LogP contribution in [0, 0.1) is 0 Å². The van der Waals surface area contributed by atoms with Crippen molar-refractivity contribution < 1.29 is 9.53 Å². The van der Waals surface area contributed by atoms with Gasteiger partial charge in [0.1, 0.15) is 0 Å². The fourth-order valence-electron chi connectivity index (χ4n) is 4.16. The van der Waals surface area contributed by atoms with Crippen molar-refractivity contribution in [2.75, 3.05) is 19.7 Å². The van der Waals surface area contributed by atoms with Crippen LogP contribution in [0.2, 0.25) is 0 Å². The molecule has 1 saturated heterocycles. The number of imidazole rings is 1. The second kappa shape index (κ2) is 8.20. The number of carbonyl (C=O) groups excluding carboxylic acids is 1. The second-order valence-corrected chi connectivity index (χ2v) is 8.75. The van der Waals surface area contributed by atoms with E-state index in [1.165, 1.54) is 16.5 Å². The summed E-state index contributed by atoms with van der Waals surface area (Å²) in [6.45, 7) is 3.85. The summed E-state index contributed by atoms with van der Waals surface area (Å²) in [5.74, 6) is 0.111. The van der Waals surface area contributed by atoms with E-state index in [0.717, 1.165) is 42.1 Å². The van der Waals surface area contributed by atoms with Gasteiger partial charge in [0.05, 0.1) is 11.8 Å². The Kier molecular flexibility index (Phi) is 5.27. The third-order valence-corrected chi connectivity index (χ3v) is 6.75. The number of aromatic nitrogens is 2. The lowest BCUT2D eigenvalue weighted by Crippen LogP contribution is -2.37. The zero-order chi connectivity index (χ0) is 20.5. The van der Waals surface area contributed by atoms with E-state index in [2.05, 4.69) is 58.4 Å². The molecule has 0 radical (unpaired) electrons. The summed E-state index contributed by atoms with van der Waals surface area (Å²) in [6, 6.07) is 14.9. The molecule has 2 aromatic carbocycles. The van der Waals surface area contributed by atoms with Gasteiger partial charge in [-0.2, -0.15) is 0 Å². The van der Waals surface area contributed by atoms with Crippen molar-refractivity contribution in [2.24, 2.45) is 0 Å². The SMILES string of the molecule is CC(=O)N(CCc1csc2nc(-c3ccc4ccccc4c3)cn12)C[C@@H]1CCCO1. The maximum atomic E-state index is 12.1. The highest BCUT2D eigenvalue weighted by molar-refractivity contribution is 7.15. The van der Waals surface area contributed by atoms with Crippen molar-refractivity contribution in [1.82, 2.24) is 14.3 Å². The van der Waals surface area contributed by atoms with Gasteiger partial charge in [0.25, 0.3) is 0 Å². The van der Waals surface area contributed by atoms with Gasteiger partial charge in [-0.05, 0) is 29.7 Å². The van der Waals surface area contributed by atoms with E-state index in [1.54, 1.807) is 18.3 Å². The van der Waals surface area contributed by atoms with Crippen LogP contribution in [0.4, 0.5) is 0 Å². The summed E-state index contributed by atoms with van der Waals surface area (Å²) in [6.07, 6.45) is 5.24. The number of amides is 1. The van der Waals surface area contributed by atoms with Crippen molar-refractivity contribution in [1.29, 1.82) is 0 Å². The van der Waals surface area contributed by atoms with E-state index in [4.69, 9.17) is 9.72 Å². The molecule has 0 bridgehead atoms. The summed E-state index contributed by atoms with van der Waals surface area (Å²) < 4.78 is 7.88. The van der Waals surface area contributed by atoms with Crippen LogP contribution in [0.25, 0.3) is 27.0 Å². The third kappa shape index (κ3) is 3.85. The summed E-state index contributed by atoms with van der Waals surface area (Å²) in [5, 5.41) is 4.60. The molecule has 1 atom stereocenters. The molecule has 5 nitrogen and oxygen atoms in total. The van der Waals surface area contributed by atoms with Crippen molar-refractivity contribution in [3.05, 3.63) is 59.7 Å². The van der Waals surface area contributed by atoms with E-state index in [1.807, 2.05) is 4.90 Å². The Morgan fingerprint density at radius 1 is 1.27 bits per heavy atom. The smallest absolute Gasteiger partial charge is 0.219 e. The number of fused-ring (bicyclic) bond motifs is 2. The van der Waals surface area contributed by atoms with Gasteiger partial charge in [-0.3, -0.25) is 9.20 Å². The monoisotopic (exact) mass is 419 g/mol. The number of hydrogen-bond acceptors (Lipinski definition) is 4. The first-order valence-electron chi connectivity index (χ1n) is 10.5. The quantitative estimate of drug-likeness (QED) is 0.452. The number of carbonyl (C=O) groups is 1. The number of rotatable bonds is 6. The van der Waals surface area contributed by atoms with Crippen molar-refractivity contribution >= 4 is 33.0 Å². The number of nitrogens with zero attached hydrogens (tertiary/aromatic N) is 3. The molecule has 1 fully saturated rings. The van der Waals surface area contributed by atoms with Gasteiger partial charge in [-0.1, -0.05) is 36.4 Å². The molecule has 0 saturated carbocycles. The number of hydrogen-bond donors (Lipinski definition) is 0. The van der Waals surface area contributed by atoms with E-state index >= 15 is 0 Å². The van der Waals surface area contributed by atoms with Gasteiger partial charge in [0, 0.05) is 55.9 Å². The minimum absolute atomic E-state index is 0.111. The van der Waals surface area contributed by atoms with E-state index in [9.17, 15) is 4.79 Å². The van der Waals surface area contributed by atoms with Crippen LogP contribution in [0.1, 0.15) is 25.5 Å². The van der Waals surface area contributed by atoms with Crippen LogP contribution in [0.3, 0.4) is 0 Å². The highest BCUT2D eigenvalue weighted by Crippen LogP contribution is 2.27. The lowest BCUT2D eigenvalue weighted by atomic mass is 10.1. The highest BCUT2D eigenvalue weighted by Gasteiger charge is 2.21. The first-order valence-corrected chi connectivity index (χ1v) is 11.4. The molecule has 1 amide bonds. The van der Waals surface area contributed by atoms with Crippen molar-refractivity contribution in [3.63, 3.8) is 0 Å². The Morgan fingerprint density at radius 3 is 2.93 bits per heavy atom. The lowest BCUT2D eigenvalue weighted by Gasteiger charge is -2.24. The maximum Gasteiger partial charge on any atom is 0.219 e. The van der Waals surface area contributed by atoms with Crippen LogP contribution in [-0.4, -0.2) is 46.0 Å². The molecular weight excluding hydrogens is 394 g/mol.